The number of nitrogens with zero attached hydrogens (tertiary/aromatic N) is 4. The molecule has 0 fully saturated rings. The predicted octanol–water partition coefficient (Wildman–Crippen LogP) is 6.08. The summed E-state index contributed by atoms with van der Waals surface area (Å²) in [7, 11) is -5.41. The Morgan fingerprint density at radius 1 is 0.484 bits per heavy atom. The van der Waals surface area contributed by atoms with Crippen LogP contribution < -0.4 is 0 Å². The average molecular weight is 888 g/mol. The van der Waals surface area contributed by atoms with Crippen LogP contribution in [0.5, 0.6) is 0 Å². The van der Waals surface area contributed by atoms with Gasteiger partial charge in [0.2, 0.25) is 0 Å². The minimum absolute atomic E-state index is 0. The van der Waals surface area contributed by atoms with E-state index in [1.807, 2.05) is 26.7 Å². The second-order valence-corrected chi connectivity index (χ2v) is 18.4. The molecule has 0 atom stereocenters. The molecule has 0 unspecified atom stereocenters. The van der Waals surface area contributed by atoms with Crippen LogP contribution in [0.2, 0.25) is 0 Å². The number of halogens is 5. The maximum absolute atomic E-state index is 13.5. The van der Waals surface area contributed by atoms with Gasteiger partial charge in [-0.15, -0.1) is 0 Å². The van der Waals surface area contributed by atoms with Crippen LogP contribution in [-0.2, 0) is 42.1 Å². The zero-order chi connectivity index (χ0) is 25.8. The van der Waals surface area contributed by atoms with Crippen molar-refractivity contribution in [1.82, 2.24) is 0 Å². The van der Waals surface area contributed by atoms with Gasteiger partial charge in [0.15, 0.2) is 0 Å². The third-order valence-electron chi connectivity index (χ3n) is 3.65. The van der Waals surface area contributed by atoms with E-state index in [1.165, 1.54) is 26.7 Å². The molecule has 0 bridgehead atoms. The molecule has 0 spiro atoms. The van der Waals surface area contributed by atoms with Crippen LogP contribution in [0.25, 0.3) is 0 Å². The first-order valence-corrected chi connectivity index (χ1v) is 17.6. The van der Waals surface area contributed by atoms with Crippen LogP contribution in [-0.4, -0.2) is 69.8 Å². The molecule has 15 heteroatoms. The Morgan fingerprint density at radius 3 is 0.645 bits per heavy atom. The largest absolute Gasteiger partial charge is 0.512 e. The summed E-state index contributed by atoms with van der Waals surface area (Å²) in [5, 5.41) is 21.3. The molecule has 0 aromatic carbocycles. The molecule has 31 heavy (non-hydrogen) atoms. The topological polar surface area (TPSA) is 95.2 Å². The Morgan fingerprint density at radius 2 is 0.645 bits per heavy atom. The number of hydrogen-bond donors (Lipinski definition) is 0. The zero-order valence-electron chi connectivity index (χ0n) is 18.8. The van der Waals surface area contributed by atoms with Crippen LogP contribution in [0.1, 0.15) is 6.92 Å². The third-order valence-corrected chi connectivity index (χ3v) is 16.7. The summed E-state index contributed by atoms with van der Waals surface area (Å²) in [5.41, 5.74) is 0. The molecule has 4 nitrogen and oxygen atoms in total. The molecule has 0 heterocycles. The standard InChI is InChI=1S/C6H12F4P2.C6H15FP2.4CN.2Pt/c1-11(2)6(10,12(3)4)5(7,8)9;1-6(7,8(2)3)9(4)5;4*1-2;;/h1-4H3;1-5H3;;;;;;/q;;4*-1;;/p+4. The molecule has 190 valence electrons. The van der Waals surface area contributed by atoms with E-state index in [1.54, 1.807) is 6.92 Å². The summed E-state index contributed by atoms with van der Waals surface area (Å²) in [6.07, 6.45) is -4.68. The summed E-state index contributed by atoms with van der Waals surface area (Å²) >= 11 is 0. The Bertz CT molecular complexity index is 428. The molecule has 0 amide bonds. The maximum Gasteiger partial charge on any atom is 0.497 e. The monoisotopic (exact) mass is 888 g/mol. The van der Waals surface area contributed by atoms with Crippen LogP contribution >= 0.6 is 31.7 Å². The van der Waals surface area contributed by atoms with E-state index in [-0.39, 0.29) is 42.1 Å². The predicted molar refractivity (Wildman–Crippen MR) is 120 cm³/mol. The van der Waals surface area contributed by atoms with E-state index >= 15 is 0 Å². The molecule has 0 rings (SSSR count). The first kappa shape index (κ1) is 53.2. The SMILES string of the molecule is C[PH+](C)C(C)(F)[PH+](C)C.C[PH+](C)C(F)([PH+](C)C)C(F)(F)F.[C-]#N.[C-]#N.[C-]#N.[C-]#N.[Pt].[Pt]. The van der Waals surface area contributed by atoms with Gasteiger partial charge in [-0.05, 0) is 0 Å². The van der Waals surface area contributed by atoms with Crippen molar-refractivity contribution in [2.24, 2.45) is 0 Å². The molecule has 0 saturated heterocycles. The summed E-state index contributed by atoms with van der Waals surface area (Å²) in [6, 6.07) is 0. The molecule has 0 N–H and O–H groups in total. The van der Waals surface area contributed by atoms with Crippen molar-refractivity contribution in [2.75, 3.05) is 53.3 Å². The van der Waals surface area contributed by atoms with Crippen LogP contribution in [0.4, 0.5) is 22.0 Å². The van der Waals surface area contributed by atoms with E-state index in [0.29, 0.717) is 0 Å². The van der Waals surface area contributed by atoms with Gasteiger partial charge in [0.25, 0.3) is 0 Å². The summed E-state index contributed by atoms with van der Waals surface area (Å²) in [4.78, 5) is 0. The molecule has 0 aromatic rings. The molecule has 0 aromatic heterocycles. The minimum Gasteiger partial charge on any atom is -0.512 e. The molecule has 0 aliphatic heterocycles. The Labute approximate surface area is 218 Å². The Hall–Kier alpha value is 0.707. The second kappa shape index (κ2) is 28.7. The van der Waals surface area contributed by atoms with E-state index in [2.05, 4.69) is 0 Å². The summed E-state index contributed by atoms with van der Waals surface area (Å²) in [5.74, 6) is 0. The van der Waals surface area contributed by atoms with Crippen molar-refractivity contribution in [2.45, 2.75) is 23.4 Å². The molecule has 0 radical (unpaired) electrons. The Balaban J connectivity index is -0.0000000414. The molecule has 0 saturated carbocycles. The van der Waals surface area contributed by atoms with Gasteiger partial charge in [0, 0.05) is 49.1 Å². The number of hydrogen-bond acceptors (Lipinski definition) is 4. The first-order valence-electron chi connectivity index (χ1n) is 7.59. The second-order valence-electron chi connectivity index (χ2n) is 6.16. The van der Waals surface area contributed by atoms with Gasteiger partial charge >= 0.3 is 16.5 Å². The van der Waals surface area contributed by atoms with Crippen molar-refractivity contribution >= 4 is 31.7 Å². The van der Waals surface area contributed by atoms with Crippen molar-refractivity contribution in [3.05, 3.63) is 26.3 Å². The van der Waals surface area contributed by atoms with Crippen molar-refractivity contribution < 1.29 is 64.1 Å². The van der Waals surface area contributed by atoms with E-state index in [0.717, 1.165) is 0 Å². The van der Waals surface area contributed by atoms with E-state index in [9.17, 15) is 22.0 Å². The molecular weight excluding hydrogens is 857 g/mol. The van der Waals surface area contributed by atoms with Gasteiger partial charge < -0.3 is 47.3 Å². The first-order chi connectivity index (χ1) is 13.0. The maximum atomic E-state index is 13.5. The fraction of sp³-hybridized carbons (Fsp3) is 0.750. The smallest absolute Gasteiger partial charge is 0.497 e. The quantitative estimate of drug-likeness (QED) is 0.195. The third kappa shape index (κ3) is 22.3. The van der Waals surface area contributed by atoms with Gasteiger partial charge in [0.1, 0.15) is 0 Å². The number of alkyl halides is 5. The van der Waals surface area contributed by atoms with Crippen LogP contribution in [0.3, 0.4) is 0 Å². The molecule has 0 aliphatic rings. The normalized spacial score (nSPS) is 9.74. The summed E-state index contributed by atoms with van der Waals surface area (Å²) in [6.45, 7) is 34.4. The summed E-state index contributed by atoms with van der Waals surface area (Å²) < 4.78 is 63.8. The zero-order valence-corrected chi connectivity index (χ0v) is 27.4. The molecule has 0 aliphatic carbocycles. The molecular formula is C16H31F5N4P4Pt2. The number of rotatable bonds is 4. The van der Waals surface area contributed by atoms with E-state index < -0.39 is 48.2 Å². The van der Waals surface area contributed by atoms with Gasteiger partial charge in [0.05, 0.1) is 85.0 Å². The van der Waals surface area contributed by atoms with Crippen molar-refractivity contribution in [3.63, 3.8) is 0 Å². The van der Waals surface area contributed by atoms with Gasteiger partial charge in [-0.1, -0.05) is 0 Å². The van der Waals surface area contributed by atoms with Crippen LogP contribution in [0.15, 0.2) is 0 Å². The van der Waals surface area contributed by atoms with Gasteiger partial charge in [-0.3, -0.25) is 0 Å². The van der Waals surface area contributed by atoms with Crippen molar-refractivity contribution in [1.29, 1.82) is 21.0 Å². The van der Waals surface area contributed by atoms with Gasteiger partial charge in [-0.2, -0.15) is 22.0 Å². The van der Waals surface area contributed by atoms with Crippen molar-refractivity contribution in [3.8, 4) is 0 Å². The fourth-order valence-electron chi connectivity index (χ4n) is 1.57. The van der Waals surface area contributed by atoms with Gasteiger partial charge in [-0.25, -0.2) is 0 Å². The van der Waals surface area contributed by atoms with E-state index in [4.69, 9.17) is 47.3 Å². The van der Waals surface area contributed by atoms with Crippen LogP contribution in [0, 0.1) is 47.3 Å². The average Bonchev–Trinajstić information content (AvgIpc) is 2.66. The fourth-order valence-corrected chi connectivity index (χ4v) is 10.7. The Kier molecular flexibility index (Phi) is 49.3. The minimum atomic E-state index is -4.68.